The predicted molar refractivity (Wildman–Crippen MR) is 72.6 cm³/mol. The molecule has 0 fully saturated rings. The highest BCUT2D eigenvalue weighted by Crippen LogP contribution is 2.38. The van der Waals surface area contributed by atoms with E-state index in [0.717, 1.165) is 5.56 Å². The first kappa shape index (κ1) is 12.7. The quantitative estimate of drug-likeness (QED) is 0.849. The van der Waals surface area contributed by atoms with Crippen LogP contribution in [0.25, 0.3) is 11.1 Å². The normalized spacial score (nSPS) is 10.3. The Hall–Kier alpha value is -1.72. The fourth-order valence-corrected chi connectivity index (χ4v) is 2.45. The van der Waals surface area contributed by atoms with Crippen molar-refractivity contribution in [1.29, 1.82) is 0 Å². The third kappa shape index (κ3) is 2.42. The molecule has 0 bridgehead atoms. The second-order valence-electron chi connectivity index (χ2n) is 3.77. The molecular formula is C13H10BrNO3. The van der Waals surface area contributed by atoms with Gasteiger partial charge in [0.2, 0.25) is 0 Å². The second-order valence-corrected chi connectivity index (χ2v) is 4.62. The number of hydrogen-bond donors (Lipinski definition) is 2. The van der Waals surface area contributed by atoms with Crippen LogP contribution in [-0.4, -0.2) is 10.2 Å². The molecule has 5 heteroatoms. The molecule has 92 valence electrons. The minimum Gasteiger partial charge on any atom is -0.508 e. The van der Waals surface area contributed by atoms with Gasteiger partial charge >= 0.3 is 0 Å². The molecule has 0 aliphatic carbocycles. The molecule has 0 heterocycles. The van der Waals surface area contributed by atoms with Crippen molar-refractivity contribution < 1.29 is 10.2 Å². The summed E-state index contributed by atoms with van der Waals surface area (Å²) in [4.78, 5) is 10.9. The summed E-state index contributed by atoms with van der Waals surface area (Å²) in [5.74, 6) is 0.155. The van der Waals surface area contributed by atoms with E-state index >= 15 is 0 Å². The number of nitrogens with zero attached hydrogens (tertiary/aromatic N) is 1. The first-order valence-electron chi connectivity index (χ1n) is 5.21. The number of nitroso groups, excluding NO2 is 1. The minimum absolute atomic E-state index is 0.155. The highest BCUT2D eigenvalue weighted by atomic mass is 79.9. The molecule has 2 aromatic rings. The van der Waals surface area contributed by atoms with E-state index in [1.165, 1.54) is 12.1 Å². The van der Waals surface area contributed by atoms with Gasteiger partial charge in [0.25, 0.3) is 0 Å². The van der Waals surface area contributed by atoms with Gasteiger partial charge in [0, 0.05) is 10.0 Å². The van der Waals surface area contributed by atoms with Gasteiger partial charge in [0.1, 0.15) is 11.4 Å². The number of rotatable bonds is 3. The van der Waals surface area contributed by atoms with Gasteiger partial charge in [-0.3, -0.25) is 0 Å². The maximum atomic E-state index is 10.9. The van der Waals surface area contributed by atoms with Crippen molar-refractivity contribution in [3.8, 4) is 16.9 Å². The second kappa shape index (κ2) is 5.29. The van der Waals surface area contributed by atoms with Gasteiger partial charge in [-0.2, -0.15) is 0 Å². The Morgan fingerprint density at radius 1 is 1.17 bits per heavy atom. The average Bonchev–Trinajstić information content (AvgIpc) is 2.39. The lowest BCUT2D eigenvalue weighted by Crippen LogP contribution is -1.87. The van der Waals surface area contributed by atoms with Crippen LogP contribution in [0.3, 0.4) is 0 Å². The Kier molecular flexibility index (Phi) is 3.74. The van der Waals surface area contributed by atoms with Crippen LogP contribution >= 0.6 is 15.9 Å². The van der Waals surface area contributed by atoms with Gasteiger partial charge in [-0.1, -0.05) is 28.1 Å². The molecule has 4 nitrogen and oxygen atoms in total. The monoisotopic (exact) mass is 307 g/mol. The molecule has 0 atom stereocenters. The summed E-state index contributed by atoms with van der Waals surface area (Å²) in [6.45, 7) is -0.156. The molecule has 0 saturated heterocycles. The van der Waals surface area contributed by atoms with Crippen LogP contribution < -0.4 is 0 Å². The van der Waals surface area contributed by atoms with Crippen molar-refractivity contribution >= 4 is 21.6 Å². The minimum atomic E-state index is -0.156. The summed E-state index contributed by atoms with van der Waals surface area (Å²) < 4.78 is 0.675. The van der Waals surface area contributed by atoms with Crippen LogP contribution in [0.1, 0.15) is 5.56 Å². The number of aliphatic hydroxyl groups is 1. The summed E-state index contributed by atoms with van der Waals surface area (Å²) in [5.41, 5.74) is 2.26. The van der Waals surface area contributed by atoms with Gasteiger partial charge in [-0.05, 0) is 40.6 Å². The molecule has 2 rings (SSSR count). The van der Waals surface area contributed by atoms with Gasteiger partial charge in [-0.25, -0.2) is 0 Å². The van der Waals surface area contributed by atoms with Crippen molar-refractivity contribution in [3.05, 3.63) is 51.3 Å². The summed E-state index contributed by atoms with van der Waals surface area (Å²) in [5, 5.41) is 21.3. The number of halogens is 1. The predicted octanol–water partition coefficient (Wildman–Crippen LogP) is 3.71. The number of aromatic hydroxyl groups is 1. The standard InChI is InChI=1S/C13H10BrNO3/c14-11-5-8(7-16)6-12(15-18)13(11)9-1-3-10(17)4-2-9/h1-6,16-17H,7H2. The van der Waals surface area contributed by atoms with Gasteiger partial charge in [0.05, 0.1) is 6.61 Å². The zero-order chi connectivity index (χ0) is 13.1. The molecule has 0 spiro atoms. The molecule has 0 aromatic heterocycles. The fourth-order valence-electron chi connectivity index (χ4n) is 1.72. The Balaban J connectivity index is 2.62. The Labute approximate surface area is 112 Å². The van der Waals surface area contributed by atoms with Crippen LogP contribution in [-0.2, 0) is 6.61 Å². The zero-order valence-corrected chi connectivity index (χ0v) is 10.9. The Bertz CT molecular complexity index is 582. The van der Waals surface area contributed by atoms with E-state index < -0.39 is 0 Å². The van der Waals surface area contributed by atoms with Crippen LogP contribution in [0, 0.1) is 4.91 Å². The average molecular weight is 308 g/mol. The number of hydrogen-bond acceptors (Lipinski definition) is 4. The number of phenolic OH excluding ortho intramolecular Hbond substituents is 1. The first-order chi connectivity index (χ1) is 8.65. The maximum absolute atomic E-state index is 10.9. The largest absolute Gasteiger partial charge is 0.508 e. The van der Waals surface area contributed by atoms with Crippen LogP contribution in [0.2, 0.25) is 0 Å². The zero-order valence-electron chi connectivity index (χ0n) is 9.30. The number of benzene rings is 2. The molecule has 2 aromatic carbocycles. The highest BCUT2D eigenvalue weighted by molar-refractivity contribution is 9.10. The first-order valence-corrected chi connectivity index (χ1v) is 6.01. The summed E-state index contributed by atoms with van der Waals surface area (Å²) >= 11 is 3.36. The van der Waals surface area contributed by atoms with Crippen molar-refractivity contribution in [2.45, 2.75) is 6.61 Å². The van der Waals surface area contributed by atoms with E-state index in [-0.39, 0.29) is 18.0 Å². The summed E-state index contributed by atoms with van der Waals surface area (Å²) in [6, 6.07) is 9.74. The molecule has 0 aliphatic heterocycles. The van der Waals surface area contributed by atoms with Gasteiger partial charge in [0.15, 0.2) is 0 Å². The van der Waals surface area contributed by atoms with Crippen molar-refractivity contribution in [1.82, 2.24) is 0 Å². The van der Waals surface area contributed by atoms with Gasteiger partial charge < -0.3 is 10.2 Å². The lowest BCUT2D eigenvalue weighted by molar-refractivity contribution is 0.282. The van der Waals surface area contributed by atoms with E-state index in [9.17, 15) is 10.0 Å². The van der Waals surface area contributed by atoms with Crippen molar-refractivity contribution in [2.24, 2.45) is 5.18 Å². The molecule has 0 aliphatic rings. The van der Waals surface area contributed by atoms with E-state index in [0.29, 0.717) is 15.6 Å². The lowest BCUT2D eigenvalue weighted by atomic mass is 10.0. The topological polar surface area (TPSA) is 69.9 Å². The number of aliphatic hydroxyl groups excluding tert-OH is 1. The molecule has 18 heavy (non-hydrogen) atoms. The van der Waals surface area contributed by atoms with E-state index in [2.05, 4.69) is 21.1 Å². The van der Waals surface area contributed by atoms with Crippen LogP contribution in [0.15, 0.2) is 46.0 Å². The SMILES string of the molecule is O=Nc1cc(CO)cc(Br)c1-c1ccc(O)cc1. The van der Waals surface area contributed by atoms with Crippen LogP contribution in [0.4, 0.5) is 5.69 Å². The highest BCUT2D eigenvalue weighted by Gasteiger charge is 2.12. The molecule has 0 saturated carbocycles. The third-order valence-electron chi connectivity index (χ3n) is 2.57. The molecular weight excluding hydrogens is 298 g/mol. The van der Waals surface area contributed by atoms with E-state index in [1.54, 1.807) is 24.3 Å². The molecule has 2 N–H and O–H groups in total. The van der Waals surface area contributed by atoms with Crippen molar-refractivity contribution in [2.75, 3.05) is 0 Å². The lowest BCUT2D eigenvalue weighted by Gasteiger charge is -2.09. The summed E-state index contributed by atoms with van der Waals surface area (Å²) in [6.07, 6.45) is 0. The molecule has 0 unspecified atom stereocenters. The van der Waals surface area contributed by atoms with Crippen LogP contribution in [0.5, 0.6) is 5.75 Å². The van der Waals surface area contributed by atoms with Crippen molar-refractivity contribution in [3.63, 3.8) is 0 Å². The van der Waals surface area contributed by atoms with Gasteiger partial charge in [-0.15, -0.1) is 4.91 Å². The summed E-state index contributed by atoms with van der Waals surface area (Å²) in [7, 11) is 0. The Morgan fingerprint density at radius 3 is 2.39 bits per heavy atom. The Morgan fingerprint density at radius 2 is 1.83 bits per heavy atom. The third-order valence-corrected chi connectivity index (χ3v) is 3.19. The van der Waals surface area contributed by atoms with E-state index in [4.69, 9.17) is 5.11 Å². The number of phenols is 1. The van der Waals surface area contributed by atoms with E-state index in [1.807, 2.05) is 0 Å². The maximum Gasteiger partial charge on any atom is 0.117 e. The molecule has 0 amide bonds. The fraction of sp³-hybridized carbons (Fsp3) is 0.0769. The molecule has 0 radical (unpaired) electrons. The smallest absolute Gasteiger partial charge is 0.117 e.